The van der Waals surface area contributed by atoms with E-state index in [1.165, 1.54) is 0 Å². The molecule has 1 aromatic rings. The van der Waals surface area contributed by atoms with Crippen LogP contribution in [0.5, 0.6) is 6.01 Å². The van der Waals surface area contributed by atoms with Gasteiger partial charge in [-0.05, 0) is 26.8 Å². The molecule has 0 fully saturated rings. The van der Waals surface area contributed by atoms with Gasteiger partial charge in [0, 0.05) is 6.20 Å². The molecule has 0 bridgehead atoms. The number of hydrogen-bond donors (Lipinski definition) is 0. The van der Waals surface area contributed by atoms with Crippen molar-refractivity contribution in [2.45, 2.75) is 26.4 Å². The first kappa shape index (κ1) is 9.26. The fourth-order valence-corrected chi connectivity index (χ4v) is 0.772. The van der Waals surface area contributed by atoms with Gasteiger partial charge in [-0.15, -0.1) is 0 Å². The highest BCUT2D eigenvalue weighted by molar-refractivity contribution is 6.29. The van der Waals surface area contributed by atoms with Crippen molar-refractivity contribution in [3.8, 4) is 6.01 Å². The zero-order valence-corrected chi connectivity index (χ0v) is 8.09. The summed E-state index contributed by atoms with van der Waals surface area (Å²) in [6.45, 7) is 5.78. The number of rotatable bonds is 1. The molecular formula is C8H11ClN2O. The molecule has 1 aromatic heterocycles. The van der Waals surface area contributed by atoms with Crippen molar-refractivity contribution in [3.05, 3.63) is 17.4 Å². The van der Waals surface area contributed by atoms with Crippen LogP contribution in [-0.4, -0.2) is 15.6 Å². The second kappa shape index (κ2) is 3.27. The Balaban J connectivity index is 2.77. The minimum absolute atomic E-state index is 0.287. The van der Waals surface area contributed by atoms with Crippen molar-refractivity contribution in [1.29, 1.82) is 0 Å². The van der Waals surface area contributed by atoms with Gasteiger partial charge in [0.1, 0.15) is 10.8 Å². The van der Waals surface area contributed by atoms with Gasteiger partial charge in [-0.1, -0.05) is 11.6 Å². The third kappa shape index (κ3) is 3.05. The lowest BCUT2D eigenvalue weighted by molar-refractivity contribution is 0.117. The third-order valence-electron chi connectivity index (χ3n) is 0.997. The molecule has 0 unspecified atom stereocenters. The van der Waals surface area contributed by atoms with Crippen LogP contribution in [0.15, 0.2) is 12.3 Å². The Labute approximate surface area is 76.7 Å². The number of nitrogens with zero attached hydrogens (tertiary/aromatic N) is 2. The van der Waals surface area contributed by atoms with Gasteiger partial charge in [0.2, 0.25) is 0 Å². The van der Waals surface area contributed by atoms with E-state index < -0.39 is 0 Å². The van der Waals surface area contributed by atoms with Crippen molar-refractivity contribution in [2.24, 2.45) is 0 Å². The molecule has 3 nitrogen and oxygen atoms in total. The topological polar surface area (TPSA) is 35.0 Å². The van der Waals surface area contributed by atoms with E-state index in [0.29, 0.717) is 11.2 Å². The number of aromatic nitrogens is 2. The Bertz CT molecular complexity index is 270. The maximum Gasteiger partial charge on any atom is 0.318 e. The number of halogens is 1. The standard InChI is InChI=1S/C8H11ClN2O/c1-8(2,3)12-7-10-5-4-6(9)11-7/h4-5H,1-3H3. The summed E-state index contributed by atoms with van der Waals surface area (Å²) in [4.78, 5) is 7.80. The summed E-state index contributed by atoms with van der Waals surface area (Å²) in [7, 11) is 0. The van der Waals surface area contributed by atoms with E-state index >= 15 is 0 Å². The molecule has 0 aromatic carbocycles. The lowest BCUT2D eigenvalue weighted by atomic mass is 10.2. The van der Waals surface area contributed by atoms with E-state index in [1.54, 1.807) is 12.3 Å². The highest BCUT2D eigenvalue weighted by Crippen LogP contribution is 2.14. The van der Waals surface area contributed by atoms with Crippen LogP contribution in [0.2, 0.25) is 5.15 Å². The zero-order chi connectivity index (χ0) is 9.19. The summed E-state index contributed by atoms with van der Waals surface area (Å²) in [5.74, 6) is 0. The van der Waals surface area contributed by atoms with Gasteiger partial charge in [0.25, 0.3) is 0 Å². The quantitative estimate of drug-likeness (QED) is 0.632. The summed E-state index contributed by atoms with van der Waals surface area (Å²) >= 11 is 5.64. The first-order valence-electron chi connectivity index (χ1n) is 3.65. The normalized spacial score (nSPS) is 11.3. The molecular weight excluding hydrogens is 176 g/mol. The molecule has 0 saturated heterocycles. The zero-order valence-electron chi connectivity index (χ0n) is 7.34. The molecule has 1 heterocycles. The van der Waals surface area contributed by atoms with Crippen molar-refractivity contribution in [2.75, 3.05) is 0 Å². The molecule has 0 spiro atoms. The van der Waals surface area contributed by atoms with Gasteiger partial charge >= 0.3 is 6.01 Å². The summed E-state index contributed by atoms with van der Waals surface area (Å²) < 4.78 is 5.38. The maximum absolute atomic E-state index is 5.64. The monoisotopic (exact) mass is 186 g/mol. The van der Waals surface area contributed by atoms with Gasteiger partial charge in [0.05, 0.1) is 0 Å². The van der Waals surface area contributed by atoms with Crippen LogP contribution in [0.25, 0.3) is 0 Å². The van der Waals surface area contributed by atoms with E-state index in [2.05, 4.69) is 9.97 Å². The van der Waals surface area contributed by atoms with Crippen LogP contribution in [0, 0.1) is 0 Å². The minimum Gasteiger partial charge on any atom is -0.458 e. The molecule has 0 aliphatic rings. The summed E-state index contributed by atoms with van der Waals surface area (Å²) in [5.41, 5.74) is -0.287. The fourth-order valence-electron chi connectivity index (χ4n) is 0.643. The van der Waals surface area contributed by atoms with Crippen molar-refractivity contribution >= 4 is 11.6 Å². The summed E-state index contributed by atoms with van der Waals surface area (Å²) in [5, 5.41) is 0.393. The van der Waals surface area contributed by atoms with Crippen molar-refractivity contribution in [3.63, 3.8) is 0 Å². The van der Waals surface area contributed by atoms with Gasteiger partial charge < -0.3 is 4.74 Å². The molecule has 66 valence electrons. The molecule has 4 heteroatoms. The molecule has 0 amide bonds. The van der Waals surface area contributed by atoms with Crippen LogP contribution in [0.3, 0.4) is 0 Å². The van der Waals surface area contributed by atoms with Gasteiger partial charge in [-0.25, -0.2) is 4.98 Å². The Hall–Kier alpha value is -0.830. The first-order valence-corrected chi connectivity index (χ1v) is 4.03. The summed E-state index contributed by atoms with van der Waals surface area (Å²) in [6, 6.07) is 1.92. The molecule has 0 radical (unpaired) electrons. The second-order valence-corrected chi connectivity index (χ2v) is 3.76. The van der Waals surface area contributed by atoms with Crippen molar-refractivity contribution < 1.29 is 4.74 Å². The van der Waals surface area contributed by atoms with Crippen LogP contribution in [-0.2, 0) is 0 Å². The minimum atomic E-state index is -0.287. The van der Waals surface area contributed by atoms with Gasteiger partial charge in [-0.3, -0.25) is 0 Å². The number of ether oxygens (including phenoxy) is 1. The van der Waals surface area contributed by atoms with E-state index in [4.69, 9.17) is 16.3 Å². The lowest BCUT2D eigenvalue weighted by Gasteiger charge is -2.18. The Morgan fingerprint density at radius 1 is 1.42 bits per heavy atom. The molecule has 12 heavy (non-hydrogen) atoms. The molecule has 0 aliphatic carbocycles. The lowest BCUT2D eigenvalue weighted by Crippen LogP contribution is -2.24. The van der Waals surface area contributed by atoms with Gasteiger partial charge in [-0.2, -0.15) is 4.98 Å². The van der Waals surface area contributed by atoms with E-state index in [1.807, 2.05) is 20.8 Å². The highest BCUT2D eigenvalue weighted by atomic mass is 35.5. The predicted octanol–water partition coefficient (Wildman–Crippen LogP) is 2.31. The van der Waals surface area contributed by atoms with Crippen LogP contribution in [0.4, 0.5) is 0 Å². The van der Waals surface area contributed by atoms with E-state index in [9.17, 15) is 0 Å². The molecule has 0 aliphatic heterocycles. The van der Waals surface area contributed by atoms with Crippen LogP contribution in [0.1, 0.15) is 20.8 Å². The van der Waals surface area contributed by atoms with Gasteiger partial charge in [0.15, 0.2) is 0 Å². The largest absolute Gasteiger partial charge is 0.458 e. The maximum atomic E-state index is 5.64. The summed E-state index contributed by atoms with van der Waals surface area (Å²) in [6.07, 6.45) is 1.57. The first-order chi connectivity index (χ1) is 5.47. The predicted molar refractivity (Wildman–Crippen MR) is 47.4 cm³/mol. The third-order valence-corrected chi connectivity index (χ3v) is 1.21. The molecule has 1 rings (SSSR count). The Morgan fingerprint density at radius 3 is 2.58 bits per heavy atom. The highest BCUT2D eigenvalue weighted by Gasteiger charge is 2.13. The smallest absolute Gasteiger partial charge is 0.318 e. The molecule has 0 atom stereocenters. The Morgan fingerprint density at radius 2 is 2.08 bits per heavy atom. The van der Waals surface area contributed by atoms with Crippen LogP contribution >= 0.6 is 11.6 Å². The molecule has 0 N–H and O–H groups in total. The fraction of sp³-hybridized carbons (Fsp3) is 0.500. The average Bonchev–Trinajstić information content (AvgIpc) is 1.82. The van der Waals surface area contributed by atoms with Crippen LogP contribution < -0.4 is 4.74 Å². The molecule has 0 saturated carbocycles. The number of hydrogen-bond acceptors (Lipinski definition) is 3. The van der Waals surface area contributed by atoms with E-state index in [-0.39, 0.29) is 5.60 Å². The Kier molecular flexibility index (Phi) is 2.52. The SMILES string of the molecule is CC(C)(C)Oc1nccc(Cl)n1. The van der Waals surface area contributed by atoms with Crippen molar-refractivity contribution in [1.82, 2.24) is 9.97 Å². The second-order valence-electron chi connectivity index (χ2n) is 3.38. The van der Waals surface area contributed by atoms with E-state index in [0.717, 1.165) is 0 Å². The average molecular weight is 187 g/mol.